The first-order valence-corrected chi connectivity index (χ1v) is 5.32. The van der Waals surface area contributed by atoms with E-state index in [0.29, 0.717) is 17.4 Å². The molecule has 0 saturated heterocycles. The van der Waals surface area contributed by atoms with Gasteiger partial charge in [0.2, 0.25) is 5.76 Å². The third-order valence-corrected chi connectivity index (χ3v) is 2.39. The Hall–Kier alpha value is -2.10. The predicted octanol–water partition coefficient (Wildman–Crippen LogP) is 2.73. The third kappa shape index (κ3) is 2.06. The molecular weight excluding hydrogens is 220 g/mol. The summed E-state index contributed by atoms with van der Waals surface area (Å²) in [5.74, 6) is -0.395. The van der Waals surface area contributed by atoms with Crippen molar-refractivity contribution in [2.45, 2.75) is 13.8 Å². The number of aldehydes is 1. The summed E-state index contributed by atoms with van der Waals surface area (Å²) in [5.41, 5.74) is 1.81. The molecule has 0 aliphatic carbocycles. The normalized spacial score (nSPS) is 10.5. The maximum absolute atomic E-state index is 11.5. The lowest BCUT2D eigenvalue weighted by Crippen LogP contribution is -2.02. The summed E-state index contributed by atoms with van der Waals surface area (Å²) in [5, 5.41) is 0.732. The molecule has 0 N–H and O–H groups in total. The lowest BCUT2D eigenvalue weighted by Gasteiger charge is -1.96. The number of aryl methyl sites for hydroxylation is 1. The highest BCUT2D eigenvalue weighted by atomic mass is 16.5. The Morgan fingerprint density at radius 1 is 1.41 bits per heavy atom. The van der Waals surface area contributed by atoms with E-state index < -0.39 is 5.97 Å². The molecule has 17 heavy (non-hydrogen) atoms. The molecule has 1 aromatic carbocycles. The molecule has 1 heterocycles. The van der Waals surface area contributed by atoms with Crippen LogP contribution in [0, 0.1) is 6.92 Å². The number of carbonyl (C=O) groups is 2. The highest BCUT2D eigenvalue weighted by molar-refractivity contribution is 5.99. The van der Waals surface area contributed by atoms with Gasteiger partial charge in [0.15, 0.2) is 6.29 Å². The molecule has 2 rings (SSSR count). The Morgan fingerprint density at radius 3 is 2.82 bits per heavy atom. The number of furan rings is 1. The monoisotopic (exact) mass is 232 g/mol. The Morgan fingerprint density at radius 2 is 2.18 bits per heavy atom. The van der Waals surface area contributed by atoms with Gasteiger partial charge in [0.25, 0.3) is 0 Å². The van der Waals surface area contributed by atoms with Crippen molar-refractivity contribution in [2.24, 2.45) is 0 Å². The van der Waals surface area contributed by atoms with Crippen molar-refractivity contribution >= 4 is 23.2 Å². The van der Waals surface area contributed by atoms with E-state index in [9.17, 15) is 9.59 Å². The van der Waals surface area contributed by atoms with Gasteiger partial charge in [0.1, 0.15) is 5.58 Å². The maximum atomic E-state index is 11.5. The topological polar surface area (TPSA) is 56.5 Å². The summed E-state index contributed by atoms with van der Waals surface area (Å²) in [6, 6.07) is 5.16. The van der Waals surface area contributed by atoms with Gasteiger partial charge in [-0.25, -0.2) is 4.79 Å². The van der Waals surface area contributed by atoms with E-state index in [1.165, 1.54) is 0 Å². The Kier molecular flexibility index (Phi) is 2.95. The predicted molar refractivity (Wildman–Crippen MR) is 62.3 cm³/mol. The number of hydrogen-bond acceptors (Lipinski definition) is 4. The van der Waals surface area contributed by atoms with Crippen molar-refractivity contribution in [1.29, 1.82) is 0 Å². The minimum Gasteiger partial charge on any atom is -0.460 e. The molecule has 0 radical (unpaired) electrons. The van der Waals surface area contributed by atoms with E-state index >= 15 is 0 Å². The lowest BCUT2D eigenvalue weighted by atomic mass is 10.1. The largest absolute Gasteiger partial charge is 0.460 e. The number of benzene rings is 1. The van der Waals surface area contributed by atoms with E-state index in [1.807, 2.05) is 13.0 Å². The van der Waals surface area contributed by atoms with Gasteiger partial charge in [-0.15, -0.1) is 0 Å². The van der Waals surface area contributed by atoms with Crippen LogP contribution in [0.25, 0.3) is 11.0 Å². The van der Waals surface area contributed by atoms with E-state index in [0.717, 1.165) is 10.9 Å². The maximum Gasteiger partial charge on any atom is 0.374 e. The molecule has 88 valence electrons. The summed E-state index contributed by atoms with van der Waals surface area (Å²) in [6.45, 7) is 3.89. The van der Waals surface area contributed by atoms with Crippen LogP contribution < -0.4 is 0 Å². The fourth-order valence-electron chi connectivity index (χ4n) is 1.73. The van der Waals surface area contributed by atoms with Crippen LogP contribution in [0.2, 0.25) is 0 Å². The number of rotatable bonds is 3. The van der Waals surface area contributed by atoms with Gasteiger partial charge in [0.05, 0.1) is 12.2 Å². The van der Waals surface area contributed by atoms with Crippen molar-refractivity contribution in [3.05, 3.63) is 35.1 Å². The fraction of sp³-hybridized carbons (Fsp3) is 0.231. The Labute approximate surface area is 98.2 Å². The van der Waals surface area contributed by atoms with Crippen LogP contribution in [0.3, 0.4) is 0 Å². The Bertz CT molecular complexity index is 580. The molecule has 0 saturated carbocycles. The first-order chi connectivity index (χ1) is 8.15. The second kappa shape index (κ2) is 4.41. The zero-order valence-electron chi connectivity index (χ0n) is 9.65. The van der Waals surface area contributed by atoms with Gasteiger partial charge in [-0.1, -0.05) is 0 Å². The molecule has 0 spiro atoms. The van der Waals surface area contributed by atoms with Crippen LogP contribution in [-0.4, -0.2) is 18.9 Å². The quantitative estimate of drug-likeness (QED) is 0.603. The molecule has 0 bridgehead atoms. The summed E-state index contributed by atoms with van der Waals surface area (Å²) >= 11 is 0. The molecule has 0 aliphatic rings. The van der Waals surface area contributed by atoms with E-state index in [1.54, 1.807) is 19.1 Å². The summed E-state index contributed by atoms with van der Waals surface area (Å²) in [4.78, 5) is 22.4. The van der Waals surface area contributed by atoms with E-state index in [4.69, 9.17) is 9.15 Å². The first kappa shape index (κ1) is 11.4. The zero-order valence-corrected chi connectivity index (χ0v) is 9.65. The smallest absolute Gasteiger partial charge is 0.374 e. The first-order valence-electron chi connectivity index (χ1n) is 5.32. The second-order valence-corrected chi connectivity index (χ2v) is 3.72. The molecule has 2 aromatic rings. The average molecular weight is 232 g/mol. The molecular formula is C13H12O4. The van der Waals surface area contributed by atoms with Gasteiger partial charge in [-0.2, -0.15) is 0 Å². The van der Waals surface area contributed by atoms with Crippen LogP contribution in [0.1, 0.15) is 33.4 Å². The van der Waals surface area contributed by atoms with Crippen LogP contribution in [0.15, 0.2) is 22.6 Å². The van der Waals surface area contributed by atoms with Crippen molar-refractivity contribution in [3.63, 3.8) is 0 Å². The van der Waals surface area contributed by atoms with Crippen molar-refractivity contribution in [2.75, 3.05) is 6.61 Å². The second-order valence-electron chi connectivity index (χ2n) is 3.72. The van der Waals surface area contributed by atoms with Crippen LogP contribution >= 0.6 is 0 Å². The number of hydrogen-bond donors (Lipinski definition) is 0. The third-order valence-electron chi connectivity index (χ3n) is 2.39. The summed E-state index contributed by atoms with van der Waals surface area (Å²) in [6.07, 6.45) is 0.716. The lowest BCUT2D eigenvalue weighted by molar-refractivity contribution is 0.0492. The van der Waals surface area contributed by atoms with Gasteiger partial charge in [-0.05, 0) is 37.6 Å². The van der Waals surface area contributed by atoms with Gasteiger partial charge >= 0.3 is 5.97 Å². The van der Waals surface area contributed by atoms with Crippen molar-refractivity contribution in [1.82, 2.24) is 0 Å². The van der Waals surface area contributed by atoms with Crippen molar-refractivity contribution < 1.29 is 18.7 Å². The average Bonchev–Trinajstić information content (AvgIpc) is 2.71. The highest BCUT2D eigenvalue weighted by Gasteiger charge is 2.15. The molecule has 0 atom stereocenters. The van der Waals surface area contributed by atoms with Crippen LogP contribution in [0.5, 0.6) is 0 Å². The molecule has 0 unspecified atom stereocenters. The minimum atomic E-state index is -0.516. The van der Waals surface area contributed by atoms with E-state index in [2.05, 4.69) is 0 Å². The summed E-state index contributed by atoms with van der Waals surface area (Å²) in [7, 11) is 0. The molecule has 4 heteroatoms. The molecule has 4 nitrogen and oxygen atoms in total. The molecule has 0 fully saturated rings. The molecule has 1 aromatic heterocycles. The minimum absolute atomic E-state index is 0.121. The van der Waals surface area contributed by atoms with E-state index in [-0.39, 0.29) is 12.4 Å². The summed E-state index contributed by atoms with van der Waals surface area (Å²) < 4.78 is 10.2. The van der Waals surface area contributed by atoms with Gasteiger partial charge < -0.3 is 9.15 Å². The van der Waals surface area contributed by atoms with Crippen LogP contribution in [0.4, 0.5) is 0 Å². The van der Waals surface area contributed by atoms with Gasteiger partial charge in [0, 0.05) is 5.39 Å². The number of esters is 1. The molecule has 0 amide bonds. The Balaban J connectivity index is 2.56. The standard InChI is InChI=1S/C13H12O4/c1-3-16-13(15)11-6-9-4-8(2)5-10(7-14)12(9)17-11/h4-7H,3H2,1-2H3. The van der Waals surface area contributed by atoms with Crippen LogP contribution in [-0.2, 0) is 4.74 Å². The zero-order chi connectivity index (χ0) is 12.4. The SMILES string of the molecule is CCOC(=O)c1cc2cc(C)cc(C=O)c2o1. The number of carbonyl (C=O) groups excluding carboxylic acids is 2. The number of fused-ring (bicyclic) bond motifs is 1. The van der Waals surface area contributed by atoms with Crippen molar-refractivity contribution in [3.8, 4) is 0 Å². The van der Waals surface area contributed by atoms with Gasteiger partial charge in [-0.3, -0.25) is 4.79 Å². The number of ether oxygens (including phenoxy) is 1. The highest BCUT2D eigenvalue weighted by Crippen LogP contribution is 2.24. The fourth-order valence-corrected chi connectivity index (χ4v) is 1.73. The molecule has 0 aliphatic heterocycles.